The Morgan fingerprint density at radius 2 is 2.21 bits per heavy atom. The van der Waals surface area contributed by atoms with Crippen molar-refractivity contribution in [2.45, 2.75) is 0 Å². The molecule has 0 radical (unpaired) electrons. The van der Waals surface area contributed by atoms with Gasteiger partial charge in [0.15, 0.2) is 5.78 Å². The van der Waals surface area contributed by atoms with Gasteiger partial charge in [0.05, 0.1) is 23.7 Å². The van der Waals surface area contributed by atoms with E-state index >= 15 is 0 Å². The predicted molar refractivity (Wildman–Crippen MR) is 61.3 cm³/mol. The molecule has 0 fully saturated rings. The minimum absolute atomic E-state index is 0. The standard InChI is InChI=1S/C9H10BrNO2.ClH/c1-13-9-6(8(12)5-11)3-2-4-7(9)10;/h2-4H,5,11H2,1H3;1H. The molecule has 0 heterocycles. The van der Waals surface area contributed by atoms with E-state index in [4.69, 9.17) is 10.5 Å². The highest BCUT2D eigenvalue weighted by atomic mass is 79.9. The second-order valence-electron chi connectivity index (χ2n) is 2.45. The van der Waals surface area contributed by atoms with Crippen LogP contribution in [0.2, 0.25) is 0 Å². The Bertz CT molecular complexity index is 331. The lowest BCUT2D eigenvalue weighted by Crippen LogP contribution is -2.14. The van der Waals surface area contributed by atoms with Gasteiger partial charge in [-0.25, -0.2) is 0 Å². The van der Waals surface area contributed by atoms with Crippen molar-refractivity contribution in [1.82, 2.24) is 0 Å². The zero-order chi connectivity index (χ0) is 9.84. The topological polar surface area (TPSA) is 52.3 Å². The van der Waals surface area contributed by atoms with Gasteiger partial charge in [-0.3, -0.25) is 4.79 Å². The molecular weight excluding hydrogens is 269 g/mol. The van der Waals surface area contributed by atoms with E-state index in [0.29, 0.717) is 11.3 Å². The monoisotopic (exact) mass is 279 g/mol. The Morgan fingerprint density at radius 1 is 1.57 bits per heavy atom. The summed E-state index contributed by atoms with van der Waals surface area (Å²) in [4.78, 5) is 11.3. The van der Waals surface area contributed by atoms with Crippen LogP contribution >= 0.6 is 28.3 Å². The number of methoxy groups -OCH3 is 1. The first-order valence-electron chi connectivity index (χ1n) is 3.76. The Morgan fingerprint density at radius 3 is 2.71 bits per heavy atom. The van der Waals surface area contributed by atoms with Crippen LogP contribution in [0, 0.1) is 0 Å². The highest BCUT2D eigenvalue weighted by Crippen LogP contribution is 2.28. The van der Waals surface area contributed by atoms with E-state index in [1.807, 2.05) is 6.07 Å². The van der Waals surface area contributed by atoms with Crippen LogP contribution in [-0.2, 0) is 0 Å². The summed E-state index contributed by atoms with van der Waals surface area (Å²) in [6, 6.07) is 5.28. The van der Waals surface area contributed by atoms with Gasteiger partial charge in [-0.15, -0.1) is 12.4 Å². The van der Waals surface area contributed by atoms with Crippen molar-refractivity contribution in [3.63, 3.8) is 0 Å². The van der Waals surface area contributed by atoms with Crippen molar-refractivity contribution in [3.05, 3.63) is 28.2 Å². The van der Waals surface area contributed by atoms with Gasteiger partial charge in [0, 0.05) is 0 Å². The van der Waals surface area contributed by atoms with E-state index in [1.165, 1.54) is 7.11 Å². The highest BCUT2D eigenvalue weighted by Gasteiger charge is 2.12. The molecule has 0 aliphatic carbocycles. The average Bonchev–Trinajstić information content (AvgIpc) is 2.16. The number of hydrogen-bond acceptors (Lipinski definition) is 3. The SMILES string of the molecule is COc1c(Br)cccc1C(=O)CN.Cl. The summed E-state index contributed by atoms with van der Waals surface area (Å²) < 4.78 is 5.83. The predicted octanol–water partition coefficient (Wildman–Crippen LogP) is 2.02. The van der Waals surface area contributed by atoms with E-state index < -0.39 is 0 Å². The number of benzene rings is 1. The molecule has 0 aliphatic rings. The number of carbonyl (C=O) groups is 1. The van der Waals surface area contributed by atoms with Crippen LogP contribution in [0.4, 0.5) is 0 Å². The number of Topliss-reactive ketones (excluding diaryl/α,β-unsaturated/α-hetero) is 1. The number of hydrogen-bond donors (Lipinski definition) is 1. The summed E-state index contributed by atoms with van der Waals surface area (Å²) in [5, 5.41) is 0. The fourth-order valence-corrected chi connectivity index (χ4v) is 1.57. The zero-order valence-corrected chi connectivity index (χ0v) is 10.0. The van der Waals surface area contributed by atoms with Crippen molar-refractivity contribution in [1.29, 1.82) is 0 Å². The molecule has 3 nitrogen and oxygen atoms in total. The molecule has 0 unspecified atom stereocenters. The van der Waals surface area contributed by atoms with Crippen LogP contribution < -0.4 is 10.5 Å². The molecule has 0 aromatic heterocycles. The molecule has 1 aromatic rings. The normalized spacial score (nSPS) is 9.07. The van der Waals surface area contributed by atoms with E-state index in [2.05, 4.69) is 15.9 Å². The van der Waals surface area contributed by atoms with Crippen LogP contribution in [-0.4, -0.2) is 19.4 Å². The molecule has 0 spiro atoms. The molecule has 78 valence electrons. The maximum Gasteiger partial charge on any atom is 0.180 e. The Hall–Kier alpha value is -0.580. The third-order valence-electron chi connectivity index (χ3n) is 1.66. The number of para-hydroxylation sites is 1. The van der Waals surface area contributed by atoms with E-state index in [9.17, 15) is 4.79 Å². The first-order chi connectivity index (χ1) is 6.20. The third-order valence-corrected chi connectivity index (χ3v) is 2.28. The lowest BCUT2D eigenvalue weighted by molar-refractivity contribution is 0.0998. The molecular formula is C9H11BrClNO2. The van der Waals surface area contributed by atoms with Gasteiger partial charge in [-0.1, -0.05) is 6.07 Å². The van der Waals surface area contributed by atoms with Gasteiger partial charge >= 0.3 is 0 Å². The van der Waals surface area contributed by atoms with Crippen molar-refractivity contribution >= 4 is 34.1 Å². The minimum Gasteiger partial charge on any atom is -0.495 e. The summed E-state index contributed by atoms with van der Waals surface area (Å²) in [5.41, 5.74) is 5.77. The number of carbonyl (C=O) groups excluding carboxylic acids is 1. The number of rotatable bonds is 3. The molecule has 0 saturated heterocycles. The maximum absolute atomic E-state index is 11.3. The fourth-order valence-electron chi connectivity index (χ4n) is 1.05. The summed E-state index contributed by atoms with van der Waals surface area (Å²) >= 11 is 3.29. The second kappa shape index (κ2) is 6.01. The molecule has 0 bridgehead atoms. The van der Waals surface area contributed by atoms with Crippen LogP contribution in [0.1, 0.15) is 10.4 Å². The molecule has 1 aromatic carbocycles. The highest BCUT2D eigenvalue weighted by molar-refractivity contribution is 9.10. The number of halogens is 2. The van der Waals surface area contributed by atoms with Gasteiger partial charge in [-0.2, -0.15) is 0 Å². The smallest absolute Gasteiger partial charge is 0.180 e. The first-order valence-corrected chi connectivity index (χ1v) is 4.55. The third kappa shape index (κ3) is 2.70. The number of ketones is 1. The van der Waals surface area contributed by atoms with E-state index in [1.54, 1.807) is 12.1 Å². The summed E-state index contributed by atoms with van der Waals surface area (Å²) in [6.45, 7) is -0.00713. The van der Waals surface area contributed by atoms with Crippen molar-refractivity contribution < 1.29 is 9.53 Å². The zero-order valence-electron chi connectivity index (χ0n) is 7.62. The molecule has 0 saturated carbocycles. The number of nitrogens with two attached hydrogens (primary N) is 1. The van der Waals surface area contributed by atoms with Gasteiger partial charge in [0.25, 0.3) is 0 Å². The molecule has 0 aliphatic heterocycles. The Labute approximate surface area is 97.2 Å². The van der Waals surface area contributed by atoms with Crippen LogP contribution in [0.25, 0.3) is 0 Å². The Balaban J connectivity index is 0.00000169. The average molecular weight is 281 g/mol. The summed E-state index contributed by atoms with van der Waals surface area (Å²) in [7, 11) is 1.52. The van der Waals surface area contributed by atoms with Crippen LogP contribution in [0.3, 0.4) is 0 Å². The van der Waals surface area contributed by atoms with E-state index in [-0.39, 0.29) is 24.7 Å². The Kier molecular flexibility index (Phi) is 5.76. The van der Waals surface area contributed by atoms with Gasteiger partial charge in [-0.05, 0) is 28.1 Å². The van der Waals surface area contributed by atoms with Gasteiger partial charge < -0.3 is 10.5 Å². The molecule has 14 heavy (non-hydrogen) atoms. The first kappa shape index (κ1) is 13.4. The number of ether oxygens (including phenoxy) is 1. The van der Waals surface area contributed by atoms with Crippen LogP contribution in [0.5, 0.6) is 5.75 Å². The molecule has 5 heteroatoms. The molecule has 1 rings (SSSR count). The quantitative estimate of drug-likeness (QED) is 0.862. The lowest BCUT2D eigenvalue weighted by atomic mass is 10.1. The fraction of sp³-hybridized carbons (Fsp3) is 0.222. The van der Waals surface area contributed by atoms with Gasteiger partial charge in [0.1, 0.15) is 5.75 Å². The van der Waals surface area contributed by atoms with Crippen LogP contribution in [0.15, 0.2) is 22.7 Å². The molecule has 0 amide bonds. The van der Waals surface area contributed by atoms with Crippen molar-refractivity contribution in [3.8, 4) is 5.75 Å². The van der Waals surface area contributed by atoms with Crippen molar-refractivity contribution in [2.75, 3.05) is 13.7 Å². The minimum atomic E-state index is -0.127. The lowest BCUT2D eigenvalue weighted by Gasteiger charge is -2.07. The molecule has 0 atom stereocenters. The summed E-state index contributed by atoms with van der Waals surface area (Å²) in [6.07, 6.45) is 0. The molecule has 2 N–H and O–H groups in total. The van der Waals surface area contributed by atoms with E-state index in [0.717, 1.165) is 4.47 Å². The second-order valence-corrected chi connectivity index (χ2v) is 3.30. The van der Waals surface area contributed by atoms with Gasteiger partial charge in [0.2, 0.25) is 0 Å². The maximum atomic E-state index is 11.3. The summed E-state index contributed by atoms with van der Waals surface area (Å²) in [5.74, 6) is 0.413. The largest absolute Gasteiger partial charge is 0.495 e. The van der Waals surface area contributed by atoms with Crippen molar-refractivity contribution in [2.24, 2.45) is 5.73 Å².